The summed E-state index contributed by atoms with van der Waals surface area (Å²) >= 11 is 1.83. The molecule has 2 aromatic carbocycles. The number of benzene rings is 2. The van der Waals surface area contributed by atoms with Gasteiger partial charge in [-0.05, 0) is 48.6 Å². The Kier molecular flexibility index (Phi) is 5.26. The summed E-state index contributed by atoms with van der Waals surface area (Å²) in [5, 5.41) is 0. The van der Waals surface area contributed by atoms with Gasteiger partial charge in [0.25, 0.3) is 0 Å². The van der Waals surface area contributed by atoms with E-state index in [1.54, 1.807) is 7.11 Å². The monoisotopic (exact) mass is 330 g/mol. The second kappa shape index (κ2) is 7.39. The average molecular weight is 330 g/mol. The van der Waals surface area contributed by atoms with Gasteiger partial charge in [0.15, 0.2) is 0 Å². The number of hydrogen-bond donors (Lipinski definition) is 0. The van der Waals surface area contributed by atoms with Gasteiger partial charge in [0.2, 0.25) is 5.79 Å². The lowest BCUT2D eigenvalue weighted by Gasteiger charge is -2.38. The molecular weight excluding hydrogens is 308 g/mol. The molecule has 0 aliphatic carbocycles. The summed E-state index contributed by atoms with van der Waals surface area (Å²) in [5.74, 6) is 1.07. The van der Waals surface area contributed by atoms with Crippen molar-refractivity contribution in [3.05, 3.63) is 59.7 Å². The lowest BCUT2D eigenvalue weighted by Crippen LogP contribution is -2.39. The van der Waals surface area contributed by atoms with E-state index in [2.05, 4.69) is 31.2 Å². The Balaban J connectivity index is 1.98. The lowest BCUT2D eigenvalue weighted by molar-refractivity contribution is -0.249. The Morgan fingerprint density at radius 3 is 2.04 bits per heavy atom. The molecular formula is C19H22O3S. The molecule has 1 saturated heterocycles. The number of hydrogen-bond acceptors (Lipinski definition) is 4. The Labute approximate surface area is 142 Å². The minimum atomic E-state index is -0.820. The normalized spacial score (nSPS) is 17.0. The van der Waals surface area contributed by atoms with Crippen LogP contribution in [-0.2, 0) is 15.3 Å². The first-order valence-electron chi connectivity index (χ1n) is 7.94. The predicted molar refractivity (Wildman–Crippen MR) is 93.1 cm³/mol. The van der Waals surface area contributed by atoms with Crippen molar-refractivity contribution in [3.8, 4) is 5.75 Å². The van der Waals surface area contributed by atoms with E-state index in [1.807, 2.05) is 36.0 Å². The van der Waals surface area contributed by atoms with Crippen LogP contribution in [0.1, 0.15) is 24.5 Å². The van der Waals surface area contributed by atoms with Gasteiger partial charge in [0.05, 0.1) is 20.3 Å². The van der Waals surface area contributed by atoms with Crippen LogP contribution in [-0.4, -0.2) is 26.1 Å². The third-order valence-electron chi connectivity index (χ3n) is 3.91. The van der Waals surface area contributed by atoms with Crippen molar-refractivity contribution < 1.29 is 14.2 Å². The van der Waals surface area contributed by atoms with Crippen LogP contribution in [0.2, 0.25) is 0 Å². The SMILES string of the molecule is CCSc1ccc(C2(c3ccc(OC)cc3)OCCCO2)cc1. The molecule has 1 fully saturated rings. The van der Waals surface area contributed by atoms with E-state index in [0.29, 0.717) is 13.2 Å². The van der Waals surface area contributed by atoms with E-state index < -0.39 is 5.79 Å². The molecule has 1 aliphatic rings. The molecule has 0 bridgehead atoms. The zero-order valence-electron chi connectivity index (χ0n) is 13.6. The minimum absolute atomic E-state index is 0.692. The van der Waals surface area contributed by atoms with Crippen molar-refractivity contribution in [2.45, 2.75) is 24.0 Å². The van der Waals surface area contributed by atoms with Crippen LogP contribution in [0.5, 0.6) is 5.75 Å². The van der Waals surface area contributed by atoms with Crippen molar-refractivity contribution in [3.63, 3.8) is 0 Å². The molecule has 0 spiro atoms. The fourth-order valence-electron chi connectivity index (χ4n) is 2.78. The summed E-state index contributed by atoms with van der Waals surface area (Å²) in [5.41, 5.74) is 2.02. The molecule has 0 atom stereocenters. The fourth-order valence-corrected chi connectivity index (χ4v) is 3.44. The Bertz CT molecular complexity index is 616. The van der Waals surface area contributed by atoms with Crippen LogP contribution in [0.15, 0.2) is 53.4 Å². The summed E-state index contributed by atoms with van der Waals surface area (Å²) in [7, 11) is 1.67. The van der Waals surface area contributed by atoms with E-state index in [1.165, 1.54) is 4.90 Å². The van der Waals surface area contributed by atoms with Gasteiger partial charge < -0.3 is 14.2 Å². The predicted octanol–water partition coefficient (Wildman–Crippen LogP) is 4.45. The molecule has 0 radical (unpaired) electrons. The van der Waals surface area contributed by atoms with Crippen LogP contribution in [0.25, 0.3) is 0 Å². The van der Waals surface area contributed by atoms with E-state index >= 15 is 0 Å². The van der Waals surface area contributed by atoms with Gasteiger partial charge in [0.1, 0.15) is 5.75 Å². The maximum Gasteiger partial charge on any atom is 0.222 e. The van der Waals surface area contributed by atoms with Crippen LogP contribution in [0.4, 0.5) is 0 Å². The molecule has 3 nitrogen and oxygen atoms in total. The zero-order valence-corrected chi connectivity index (χ0v) is 14.4. The van der Waals surface area contributed by atoms with Crippen LogP contribution < -0.4 is 4.74 Å². The number of thioether (sulfide) groups is 1. The third kappa shape index (κ3) is 3.39. The molecule has 2 aromatic rings. The highest BCUT2D eigenvalue weighted by molar-refractivity contribution is 7.99. The number of ether oxygens (including phenoxy) is 3. The van der Waals surface area contributed by atoms with Gasteiger partial charge in [-0.1, -0.05) is 19.1 Å². The summed E-state index contributed by atoms with van der Waals surface area (Å²) in [6.07, 6.45) is 0.918. The fraction of sp³-hybridized carbons (Fsp3) is 0.368. The van der Waals surface area contributed by atoms with Crippen molar-refractivity contribution in [1.82, 2.24) is 0 Å². The zero-order chi connectivity index (χ0) is 16.1. The minimum Gasteiger partial charge on any atom is -0.497 e. The van der Waals surface area contributed by atoms with Gasteiger partial charge in [-0.2, -0.15) is 0 Å². The lowest BCUT2D eigenvalue weighted by atomic mass is 9.96. The molecule has 4 heteroatoms. The number of rotatable bonds is 5. The largest absolute Gasteiger partial charge is 0.497 e. The van der Waals surface area contributed by atoms with Crippen molar-refractivity contribution in [2.24, 2.45) is 0 Å². The summed E-state index contributed by atoms with van der Waals surface area (Å²) in [4.78, 5) is 1.26. The Morgan fingerprint density at radius 1 is 0.957 bits per heavy atom. The van der Waals surface area contributed by atoms with Gasteiger partial charge in [-0.25, -0.2) is 0 Å². The molecule has 1 aliphatic heterocycles. The maximum absolute atomic E-state index is 6.14. The first kappa shape index (κ1) is 16.4. The topological polar surface area (TPSA) is 27.7 Å². The molecule has 0 aromatic heterocycles. The second-order valence-corrected chi connectivity index (χ2v) is 6.69. The van der Waals surface area contributed by atoms with Crippen LogP contribution in [0.3, 0.4) is 0 Å². The molecule has 0 amide bonds. The van der Waals surface area contributed by atoms with Gasteiger partial charge in [-0.15, -0.1) is 11.8 Å². The standard InChI is InChI=1S/C19H22O3S/c1-3-23-18-11-7-16(8-12-18)19(21-13-4-14-22-19)15-5-9-17(20-2)10-6-15/h5-12H,3-4,13-14H2,1-2H3. The highest BCUT2D eigenvalue weighted by Crippen LogP contribution is 2.38. The molecule has 23 heavy (non-hydrogen) atoms. The highest BCUT2D eigenvalue weighted by atomic mass is 32.2. The number of methoxy groups -OCH3 is 1. The Hall–Kier alpha value is -1.49. The quantitative estimate of drug-likeness (QED) is 0.757. The summed E-state index contributed by atoms with van der Waals surface area (Å²) < 4.78 is 17.5. The molecule has 0 N–H and O–H groups in total. The van der Waals surface area contributed by atoms with E-state index in [0.717, 1.165) is 29.1 Å². The van der Waals surface area contributed by atoms with E-state index in [-0.39, 0.29) is 0 Å². The van der Waals surface area contributed by atoms with Crippen molar-refractivity contribution >= 4 is 11.8 Å². The molecule has 122 valence electrons. The van der Waals surface area contributed by atoms with Crippen molar-refractivity contribution in [1.29, 1.82) is 0 Å². The van der Waals surface area contributed by atoms with Gasteiger partial charge >= 0.3 is 0 Å². The summed E-state index contributed by atoms with van der Waals surface area (Å²) in [6, 6.07) is 16.4. The first-order chi connectivity index (χ1) is 11.3. The molecule has 0 saturated carbocycles. The maximum atomic E-state index is 6.14. The summed E-state index contributed by atoms with van der Waals surface area (Å²) in [6.45, 7) is 3.54. The first-order valence-corrected chi connectivity index (χ1v) is 8.93. The van der Waals surface area contributed by atoms with Crippen LogP contribution in [0, 0.1) is 0 Å². The Morgan fingerprint density at radius 2 is 1.52 bits per heavy atom. The van der Waals surface area contributed by atoms with Crippen molar-refractivity contribution in [2.75, 3.05) is 26.1 Å². The molecule has 1 heterocycles. The molecule has 3 rings (SSSR count). The molecule has 0 unspecified atom stereocenters. The van der Waals surface area contributed by atoms with Crippen LogP contribution >= 0.6 is 11.8 Å². The average Bonchev–Trinajstić information content (AvgIpc) is 2.63. The second-order valence-electron chi connectivity index (χ2n) is 5.35. The van der Waals surface area contributed by atoms with Gasteiger partial charge in [-0.3, -0.25) is 0 Å². The van der Waals surface area contributed by atoms with Gasteiger partial charge in [0, 0.05) is 16.0 Å². The third-order valence-corrected chi connectivity index (χ3v) is 4.81. The smallest absolute Gasteiger partial charge is 0.222 e. The van der Waals surface area contributed by atoms with E-state index in [9.17, 15) is 0 Å². The highest BCUT2D eigenvalue weighted by Gasteiger charge is 2.38. The van der Waals surface area contributed by atoms with E-state index in [4.69, 9.17) is 14.2 Å².